The first kappa shape index (κ1) is 16.7. The van der Waals surface area contributed by atoms with E-state index in [1.807, 2.05) is 0 Å². The van der Waals surface area contributed by atoms with Gasteiger partial charge in [0.25, 0.3) is 0 Å². The van der Waals surface area contributed by atoms with Crippen LogP contribution in [0.25, 0.3) is 0 Å². The summed E-state index contributed by atoms with van der Waals surface area (Å²) in [5.41, 5.74) is 1.94. The van der Waals surface area contributed by atoms with Crippen molar-refractivity contribution in [2.24, 2.45) is 5.41 Å². The summed E-state index contributed by atoms with van der Waals surface area (Å²) in [6, 6.07) is 9.01. The van der Waals surface area contributed by atoms with Crippen LogP contribution in [-0.4, -0.2) is 23.7 Å². The van der Waals surface area contributed by atoms with Gasteiger partial charge in [0.1, 0.15) is 0 Å². The van der Waals surface area contributed by atoms with E-state index >= 15 is 0 Å². The summed E-state index contributed by atoms with van der Waals surface area (Å²) in [7, 11) is 0. The van der Waals surface area contributed by atoms with Gasteiger partial charge in [0.05, 0.1) is 5.41 Å². The number of rotatable bonds is 8. The second-order valence-electron chi connectivity index (χ2n) is 6.19. The molecule has 3 heteroatoms. The summed E-state index contributed by atoms with van der Waals surface area (Å²) in [5, 5.41) is 12.6. The van der Waals surface area contributed by atoms with Crippen LogP contribution in [0.2, 0.25) is 0 Å². The fraction of sp³-hybridized carbons (Fsp3) is 0.588. The minimum absolute atomic E-state index is 0.405. The molecule has 0 aliphatic carbocycles. The topological polar surface area (TPSA) is 49.3 Å². The van der Waals surface area contributed by atoms with E-state index in [2.05, 4.69) is 43.4 Å². The van der Waals surface area contributed by atoms with Crippen molar-refractivity contribution in [3.05, 3.63) is 35.4 Å². The molecular weight excluding hydrogens is 250 g/mol. The van der Waals surface area contributed by atoms with Gasteiger partial charge in [-0.15, -0.1) is 0 Å². The van der Waals surface area contributed by atoms with E-state index in [0.29, 0.717) is 12.5 Å². The van der Waals surface area contributed by atoms with Crippen molar-refractivity contribution < 1.29 is 9.90 Å². The molecule has 0 saturated heterocycles. The third kappa shape index (κ3) is 5.33. The average Bonchev–Trinajstić information content (AvgIpc) is 2.39. The van der Waals surface area contributed by atoms with Crippen molar-refractivity contribution in [3.63, 3.8) is 0 Å². The maximum absolute atomic E-state index is 11.1. The van der Waals surface area contributed by atoms with Gasteiger partial charge in [-0.25, -0.2) is 0 Å². The van der Waals surface area contributed by atoms with Crippen molar-refractivity contribution in [3.8, 4) is 0 Å². The molecule has 0 aliphatic heterocycles. The molecule has 2 N–H and O–H groups in total. The Bertz CT molecular complexity index is 423. The molecule has 1 rings (SSSR count). The molecule has 1 aromatic carbocycles. The van der Waals surface area contributed by atoms with Crippen molar-refractivity contribution in [2.75, 3.05) is 6.54 Å². The molecule has 0 saturated carbocycles. The van der Waals surface area contributed by atoms with Crippen LogP contribution in [0.5, 0.6) is 0 Å². The predicted octanol–water partition coefficient (Wildman–Crippen LogP) is 3.41. The van der Waals surface area contributed by atoms with Gasteiger partial charge in [-0.3, -0.25) is 4.79 Å². The molecule has 1 atom stereocenters. The van der Waals surface area contributed by atoms with E-state index in [4.69, 9.17) is 5.11 Å². The SMILES string of the molecule is CCC(Cc1ccc(C)cc1)NCCC(C)(C)C(=O)O. The van der Waals surface area contributed by atoms with E-state index < -0.39 is 11.4 Å². The number of aryl methyl sites for hydroxylation is 1. The van der Waals surface area contributed by atoms with Gasteiger partial charge in [-0.2, -0.15) is 0 Å². The van der Waals surface area contributed by atoms with Crippen LogP contribution in [0, 0.1) is 12.3 Å². The third-order valence-corrected chi connectivity index (χ3v) is 3.86. The Morgan fingerprint density at radius 1 is 1.30 bits per heavy atom. The van der Waals surface area contributed by atoms with Crippen LogP contribution in [0.3, 0.4) is 0 Å². The van der Waals surface area contributed by atoms with Crippen LogP contribution in [0.4, 0.5) is 0 Å². The number of benzene rings is 1. The number of nitrogens with one attached hydrogen (secondary N) is 1. The smallest absolute Gasteiger partial charge is 0.309 e. The van der Waals surface area contributed by atoms with E-state index in [0.717, 1.165) is 19.4 Å². The van der Waals surface area contributed by atoms with Crippen molar-refractivity contribution in [1.29, 1.82) is 0 Å². The zero-order valence-electron chi connectivity index (χ0n) is 13.1. The number of hydrogen-bond donors (Lipinski definition) is 2. The molecular formula is C17H27NO2. The first-order chi connectivity index (χ1) is 9.35. The molecule has 0 fully saturated rings. The molecule has 112 valence electrons. The molecule has 20 heavy (non-hydrogen) atoms. The Morgan fingerprint density at radius 2 is 1.90 bits per heavy atom. The fourth-order valence-electron chi connectivity index (χ4n) is 2.07. The Hall–Kier alpha value is -1.35. The highest BCUT2D eigenvalue weighted by Gasteiger charge is 2.26. The van der Waals surface area contributed by atoms with E-state index in [1.54, 1.807) is 13.8 Å². The molecule has 0 aromatic heterocycles. The minimum Gasteiger partial charge on any atom is -0.481 e. The van der Waals surface area contributed by atoms with E-state index in [9.17, 15) is 4.79 Å². The van der Waals surface area contributed by atoms with Crippen molar-refractivity contribution in [2.45, 2.75) is 53.0 Å². The number of carboxylic acids is 1. The molecule has 0 heterocycles. The Morgan fingerprint density at radius 3 is 2.40 bits per heavy atom. The van der Waals surface area contributed by atoms with Gasteiger partial charge >= 0.3 is 5.97 Å². The number of carboxylic acid groups (broad SMARTS) is 1. The molecule has 0 aliphatic rings. The van der Waals surface area contributed by atoms with Gasteiger partial charge in [-0.1, -0.05) is 36.8 Å². The highest BCUT2D eigenvalue weighted by atomic mass is 16.4. The zero-order chi connectivity index (χ0) is 15.2. The van der Waals surface area contributed by atoms with Crippen LogP contribution < -0.4 is 5.32 Å². The quantitative estimate of drug-likeness (QED) is 0.765. The maximum atomic E-state index is 11.1. The monoisotopic (exact) mass is 277 g/mol. The molecule has 1 aromatic rings. The summed E-state index contributed by atoms with van der Waals surface area (Å²) >= 11 is 0. The first-order valence-corrected chi connectivity index (χ1v) is 7.37. The maximum Gasteiger partial charge on any atom is 0.309 e. The number of carbonyl (C=O) groups is 1. The van der Waals surface area contributed by atoms with Gasteiger partial charge in [0, 0.05) is 6.04 Å². The molecule has 0 bridgehead atoms. The summed E-state index contributed by atoms with van der Waals surface area (Å²) in [6.45, 7) is 8.54. The van der Waals surface area contributed by atoms with Gasteiger partial charge in [0.15, 0.2) is 0 Å². The second-order valence-corrected chi connectivity index (χ2v) is 6.19. The van der Waals surface area contributed by atoms with Crippen LogP contribution in [0.15, 0.2) is 24.3 Å². The highest BCUT2D eigenvalue weighted by molar-refractivity contribution is 5.73. The van der Waals surface area contributed by atoms with E-state index in [1.165, 1.54) is 11.1 Å². The van der Waals surface area contributed by atoms with Crippen LogP contribution in [-0.2, 0) is 11.2 Å². The predicted molar refractivity (Wildman–Crippen MR) is 83.0 cm³/mol. The number of aliphatic carboxylic acids is 1. The Kier molecular flexibility index (Phi) is 6.21. The molecule has 0 spiro atoms. The van der Waals surface area contributed by atoms with Gasteiger partial charge in [0.2, 0.25) is 0 Å². The highest BCUT2D eigenvalue weighted by Crippen LogP contribution is 2.19. The molecule has 3 nitrogen and oxygen atoms in total. The first-order valence-electron chi connectivity index (χ1n) is 7.37. The second kappa shape index (κ2) is 7.44. The van der Waals surface area contributed by atoms with Crippen LogP contribution in [0.1, 0.15) is 44.7 Å². The normalized spacial score (nSPS) is 13.2. The lowest BCUT2D eigenvalue weighted by Crippen LogP contribution is -2.35. The molecule has 0 radical (unpaired) electrons. The van der Waals surface area contributed by atoms with Crippen molar-refractivity contribution >= 4 is 5.97 Å². The number of hydrogen-bond acceptors (Lipinski definition) is 2. The Labute approximate surface area is 122 Å². The lowest BCUT2D eigenvalue weighted by molar-refractivity contribution is -0.147. The Balaban J connectivity index is 2.44. The lowest BCUT2D eigenvalue weighted by Gasteiger charge is -2.22. The average molecular weight is 277 g/mol. The standard InChI is InChI=1S/C17H27NO2/c1-5-15(12-14-8-6-13(2)7-9-14)18-11-10-17(3,4)16(19)20/h6-9,15,18H,5,10-12H2,1-4H3,(H,19,20). The summed E-state index contributed by atoms with van der Waals surface area (Å²) in [6.07, 6.45) is 2.68. The van der Waals surface area contributed by atoms with Gasteiger partial charge in [-0.05, 0) is 52.1 Å². The molecule has 1 unspecified atom stereocenters. The summed E-state index contributed by atoms with van der Waals surface area (Å²) in [5.74, 6) is -0.731. The summed E-state index contributed by atoms with van der Waals surface area (Å²) in [4.78, 5) is 11.1. The minimum atomic E-state index is -0.731. The fourth-order valence-corrected chi connectivity index (χ4v) is 2.07. The third-order valence-electron chi connectivity index (χ3n) is 3.86. The summed E-state index contributed by atoms with van der Waals surface area (Å²) < 4.78 is 0. The van der Waals surface area contributed by atoms with Crippen molar-refractivity contribution in [1.82, 2.24) is 5.32 Å². The van der Waals surface area contributed by atoms with Gasteiger partial charge < -0.3 is 10.4 Å². The lowest BCUT2D eigenvalue weighted by atomic mass is 9.89. The van der Waals surface area contributed by atoms with Crippen LogP contribution >= 0.6 is 0 Å². The van der Waals surface area contributed by atoms with E-state index in [-0.39, 0.29) is 0 Å². The molecule has 0 amide bonds. The zero-order valence-corrected chi connectivity index (χ0v) is 13.1. The largest absolute Gasteiger partial charge is 0.481 e.